The molecule has 1 saturated carbocycles. The number of hydrogen-bond acceptors (Lipinski definition) is 8. The number of carboxylic acid groups (broad SMARTS) is 1. The number of rotatable bonds is 8. The third-order valence-electron chi connectivity index (χ3n) is 6.63. The standard InChI is InChI=1S/C21H36N4O6.ClH/c1-13(22)19(29)25(15(26)9-5-8-14-6-3-2-4-7-14)16(27)12-21(20(30)31)10-11-24-18(28)17(21)23;/h13-14,17-18,24,28H,2-12,22-23H2,1H3,(H,30,31);1H/t13-,17-,18?,21?;/m0./s1. The van der Waals surface area contributed by atoms with Crippen LogP contribution in [-0.2, 0) is 19.2 Å². The van der Waals surface area contributed by atoms with Crippen LogP contribution in [0.4, 0.5) is 0 Å². The van der Waals surface area contributed by atoms with E-state index in [0.717, 1.165) is 19.3 Å². The number of amides is 3. The zero-order valence-electron chi connectivity index (χ0n) is 18.6. The Morgan fingerprint density at radius 2 is 1.78 bits per heavy atom. The number of halogens is 1. The van der Waals surface area contributed by atoms with Gasteiger partial charge in [0.25, 0.3) is 5.91 Å². The first-order valence-electron chi connectivity index (χ1n) is 11.2. The molecule has 0 bridgehead atoms. The van der Waals surface area contributed by atoms with Crippen LogP contribution < -0.4 is 16.8 Å². The summed E-state index contributed by atoms with van der Waals surface area (Å²) in [7, 11) is 0. The molecule has 184 valence electrons. The zero-order valence-corrected chi connectivity index (χ0v) is 19.4. The van der Waals surface area contributed by atoms with Crippen molar-refractivity contribution < 1.29 is 29.4 Å². The van der Waals surface area contributed by atoms with Gasteiger partial charge in [-0.1, -0.05) is 32.1 Å². The van der Waals surface area contributed by atoms with Crippen LogP contribution in [0.5, 0.6) is 0 Å². The van der Waals surface area contributed by atoms with E-state index in [-0.39, 0.29) is 31.8 Å². The van der Waals surface area contributed by atoms with E-state index in [9.17, 15) is 29.4 Å². The number of aliphatic carboxylic acids is 1. The van der Waals surface area contributed by atoms with Crippen LogP contribution in [0.3, 0.4) is 0 Å². The van der Waals surface area contributed by atoms with Gasteiger partial charge in [-0.3, -0.25) is 24.5 Å². The number of aliphatic hydroxyl groups is 1. The van der Waals surface area contributed by atoms with Gasteiger partial charge in [-0.2, -0.15) is 0 Å². The molecule has 2 rings (SSSR count). The van der Waals surface area contributed by atoms with E-state index in [2.05, 4.69) is 5.32 Å². The fraction of sp³-hybridized carbons (Fsp3) is 0.810. The minimum atomic E-state index is -1.79. The van der Waals surface area contributed by atoms with Gasteiger partial charge in [0.2, 0.25) is 11.8 Å². The van der Waals surface area contributed by atoms with Crippen molar-refractivity contribution in [1.29, 1.82) is 0 Å². The summed E-state index contributed by atoms with van der Waals surface area (Å²) in [4.78, 5) is 51.0. The van der Waals surface area contributed by atoms with Crippen molar-refractivity contribution in [2.24, 2.45) is 22.8 Å². The molecule has 0 radical (unpaired) electrons. The molecular weight excluding hydrogens is 440 g/mol. The second kappa shape index (κ2) is 12.6. The van der Waals surface area contributed by atoms with Crippen molar-refractivity contribution in [3.63, 3.8) is 0 Å². The summed E-state index contributed by atoms with van der Waals surface area (Å²) in [6.07, 6.45) is 5.26. The predicted molar refractivity (Wildman–Crippen MR) is 119 cm³/mol. The highest BCUT2D eigenvalue weighted by molar-refractivity contribution is 6.12. The van der Waals surface area contributed by atoms with E-state index in [1.54, 1.807) is 0 Å². The number of hydrogen-bond donors (Lipinski definition) is 5. The highest BCUT2D eigenvalue weighted by atomic mass is 35.5. The van der Waals surface area contributed by atoms with Gasteiger partial charge >= 0.3 is 5.97 Å². The second-order valence-electron chi connectivity index (χ2n) is 8.96. The van der Waals surface area contributed by atoms with Gasteiger partial charge in [0, 0.05) is 12.8 Å². The first-order valence-corrected chi connectivity index (χ1v) is 11.2. The van der Waals surface area contributed by atoms with E-state index in [0.29, 0.717) is 17.2 Å². The number of piperidine rings is 1. The summed E-state index contributed by atoms with van der Waals surface area (Å²) in [6.45, 7) is 1.50. The molecule has 2 unspecified atom stereocenters. The highest BCUT2D eigenvalue weighted by Gasteiger charge is 2.52. The molecule has 1 saturated heterocycles. The van der Waals surface area contributed by atoms with Crippen molar-refractivity contribution in [3.8, 4) is 0 Å². The van der Waals surface area contributed by atoms with E-state index < -0.39 is 53.8 Å². The first-order chi connectivity index (χ1) is 14.6. The maximum atomic E-state index is 13.0. The van der Waals surface area contributed by atoms with E-state index >= 15 is 0 Å². The Bertz CT molecular complexity index is 685. The maximum absolute atomic E-state index is 13.0. The Balaban J connectivity index is 0.00000512. The van der Waals surface area contributed by atoms with Crippen LogP contribution in [0, 0.1) is 11.3 Å². The Hall–Kier alpha value is -1.59. The summed E-state index contributed by atoms with van der Waals surface area (Å²) in [6, 6.07) is -2.38. The monoisotopic (exact) mass is 476 g/mol. The van der Waals surface area contributed by atoms with E-state index in [1.165, 1.54) is 26.2 Å². The van der Waals surface area contributed by atoms with Crippen molar-refractivity contribution in [1.82, 2.24) is 10.2 Å². The van der Waals surface area contributed by atoms with Crippen LogP contribution in [0.15, 0.2) is 0 Å². The molecule has 1 heterocycles. The Morgan fingerprint density at radius 3 is 2.34 bits per heavy atom. The quantitative estimate of drug-likeness (QED) is 0.333. The molecule has 10 nitrogen and oxygen atoms in total. The average Bonchev–Trinajstić information content (AvgIpc) is 2.72. The first kappa shape index (κ1) is 28.4. The van der Waals surface area contributed by atoms with Crippen LogP contribution >= 0.6 is 12.4 Å². The van der Waals surface area contributed by atoms with Gasteiger partial charge in [-0.15, -0.1) is 12.4 Å². The normalized spacial score (nSPS) is 27.1. The lowest BCUT2D eigenvalue weighted by molar-refractivity contribution is -0.165. The third-order valence-corrected chi connectivity index (χ3v) is 6.63. The average molecular weight is 477 g/mol. The number of carbonyl (C=O) groups is 4. The van der Waals surface area contributed by atoms with Gasteiger partial charge in [-0.25, -0.2) is 4.90 Å². The molecule has 2 fully saturated rings. The molecule has 0 spiro atoms. The molecule has 4 atom stereocenters. The molecule has 32 heavy (non-hydrogen) atoms. The fourth-order valence-corrected chi connectivity index (χ4v) is 4.64. The summed E-state index contributed by atoms with van der Waals surface area (Å²) >= 11 is 0. The van der Waals surface area contributed by atoms with E-state index in [1.807, 2.05) is 0 Å². The van der Waals surface area contributed by atoms with Gasteiger partial charge in [0.15, 0.2) is 0 Å². The Morgan fingerprint density at radius 1 is 1.16 bits per heavy atom. The lowest BCUT2D eigenvalue weighted by Gasteiger charge is -2.42. The number of nitrogens with one attached hydrogen (secondary N) is 1. The van der Waals surface area contributed by atoms with Crippen LogP contribution in [0.25, 0.3) is 0 Å². The lowest BCUT2D eigenvalue weighted by atomic mass is 9.71. The molecule has 7 N–H and O–H groups in total. The topological polar surface area (TPSA) is 176 Å². The van der Waals surface area contributed by atoms with Crippen molar-refractivity contribution in [2.45, 2.75) is 89.4 Å². The molecule has 0 aromatic heterocycles. The molecular formula is C21H37ClN4O6. The van der Waals surface area contributed by atoms with Crippen molar-refractivity contribution in [3.05, 3.63) is 0 Å². The third kappa shape index (κ3) is 6.71. The number of carboxylic acids is 1. The smallest absolute Gasteiger partial charge is 0.311 e. The molecule has 1 aliphatic carbocycles. The maximum Gasteiger partial charge on any atom is 0.311 e. The van der Waals surface area contributed by atoms with Gasteiger partial charge in [0.1, 0.15) is 6.23 Å². The summed E-state index contributed by atoms with van der Waals surface area (Å²) < 4.78 is 0. The van der Waals surface area contributed by atoms with Crippen molar-refractivity contribution >= 4 is 36.1 Å². The van der Waals surface area contributed by atoms with Gasteiger partial charge < -0.3 is 21.7 Å². The number of imide groups is 3. The largest absolute Gasteiger partial charge is 0.481 e. The molecule has 11 heteroatoms. The summed E-state index contributed by atoms with van der Waals surface area (Å²) in [5, 5.41) is 22.4. The SMILES string of the molecule is C[C@H](N)C(=O)N(C(=O)CCCC1CCCCC1)C(=O)CC1(C(=O)O)CCNC(O)[C@@H]1N.Cl. The van der Waals surface area contributed by atoms with Gasteiger partial charge in [0.05, 0.1) is 17.5 Å². The number of carbonyl (C=O) groups excluding carboxylic acids is 3. The number of aliphatic hydroxyl groups excluding tert-OH is 1. The van der Waals surface area contributed by atoms with Crippen LogP contribution in [-0.4, -0.2) is 63.7 Å². The number of nitrogens with two attached hydrogens (primary N) is 2. The van der Waals surface area contributed by atoms with Crippen molar-refractivity contribution in [2.75, 3.05) is 6.54 Å². The minimum absolute atomic E-state index is 0. The fourth-order valence-electron chi connectivity index (χ4n) is 4.64. The zero-order chi connectivity index (χ0) is 23.2. The van der Waals surface area contributed by atoms with Crippen LogP contribution in [0.2, 0.25) is 0 Å². The van der Waals surface area contributed by atoms with Gasteiger partial charge in [-0.05, 0) is 38.6 Å². The lowest BCUT2D eigenvalue weighted by Crippen LogP contribution is -2.64. The highest BCUT2D eigenvalue weighted by Crippen LogP contribution is 2.35. The summed E-state index contributed by atoms with van der Waals surface area (Å²) in [5.41, 5.74) is 9.78. The summed E-state index contributed by atoms with van der Waals surface area (Å²) in [5.74, 6) is -3.29. The Kier molecular flexibility index (Phi) is 11.2. The molecule has 0 aromatic carbocycles. The Labute approximate surface area is 194 Å². The molecule has 1 aliphatic heterocycles. The minimum Gasteiger partial charge on any atom is -0.481 e. The second-order valence-corrected chi connectivity index (χ2v) is 8.96. The predicted octanol–water partition coefficient (Wildman–Crippen LogP) is 0.488. The molecule has 0 aromatic rings. The van der Waals surface area contributed by atoms with E-state index in [4.69, 9.17) is 11.5 Å². The number of nitrogens with zero attached hydrogens (tertiary/aromatic N) is 1. The molecule has 3 amide bonds. The molecule has 2 aliphatic rings. The van der Waals surface area contributed by atoms with Crippen LogP contribution in [0.1, 0.15) is 71.1 Å².